The quantitative estimate of drug-likeness (QED) is 0.748. The molecule has 0 aliphatic rings. The van der Waals surface area contributed by atoms with E-state index in [1.807, 2.05) is 7.05 Å². The fourth-order valence-corrected chi connectivity index (χ4v) is 1.74. The van der Waals surface area contributed by atoms with E-state index in [-0.39, 0.29) is 12.6 Å². The zero-order valence-electron chi connectivity index (χ0n) is 10.2. The zero-order valence-corrected chi connectivity index (χ0v) is 10.2. The Morgan fingerprint density at radius 2 is 2.19 bits per heavy atom. The third-order valence-electron chi connectivity index (χ3n) is 2.65. The van der Waals surface area contributed by atoms with E-state index in [0.29, 0.717) is 0 Å². The molecule has 1 rings (SSSR count). The van der Waals surface area contributed by atoms with E-state index >= 15 is 0 Å². The number of likely N-dealkylation sites (N-methyl/N-ethyl adjacent to an activating group) is 1. The lowest BCUT2D eigenvalue weighted by atomic mass is 10.1. The van der Waals surface area contributed by atoms with Crippen molar-refractivity contribution in [3.8, 4) is 0 Å². The Kier molecular flexibility index (Phi) is 5.46. The topological polar surface area (TPSA) is 49.5 Å². The normalized spacial score (nSPS) is 13.1. The summed E-state index contributed by atoms with van der Waals surface area (Å²) in [4.78, 5) is 2.16. The molecule has 1 aromatic carbocycles. The lowest BCUT2D eigenvalue weighted by Gasteiger charge is -2.19. The van der Waals surface area contributed by atoms with E-state index in [2.05, 4.69) is 36.1 Å². The first-order valence-corrected chi connectivity index (χ1v) is 5.72. The lowest BCUT2D eigenvalue weighted by molar-refractivity contribution is 0.223. The van der Waals surface area contributed by atoms with Crippen molar-refractivity contribution < 1.29 is 5.11 Å². The number of nitrogens with two attached hydrogens (primary N) is 1. The number of nitrogens with zero attached hydrogens (tertiary/aromatic N) is 1. The van der Waals surface area contributed by atoms with Crippen LogP contribution >= 0.6 is 0 Å². The van der Waals surface area contributed by atoms with E-state index < -0.39 is 0 Å². The van der Waals surface area contributed by atoms with Gasteiger partial charge >= 0.3 is 0 Å². The molecule has 3 heteroatoms. The van der Waals surface area contributed by atoms with Crippen LogP contribution in [0.15, 0.2) is 24.3 Å². The van der Waals surface area contributed by atoms with Crippen molar-refractivity contribution in [1.82, 2.24) is 4.90 Å². The van der Waals surface area contributed by atoms with Crippen LogP contribution in [-0.2, 0) is 6.42 Å². The van der Waals surface area contributed by atoms with Crippen molar-refractivity contribution in [2.75, 3.05) is 26.7 Å². The minimum absolute atomic E-state index is 0.0504. The highest BCUT2D eigenvalue weighted by molar-refractivity contribution is 5.22. The minimum Gasteiger partial charge on any atom is -0.395 e. The average Bonchev–Trinajstić information content (AvgIpc) is 2.26. The summed E-state index contributed by atoms with van der Waals surface area (Å²) in [5.74, 6) is 0. The molecule has 0 bridgehead atoms. The van der Waals surface area contributed by atoms with Gasteiger partial charge in [0.05, 0.1) is 6.61 Å². The predicted molar refractivity (Wildman–Crippen MR) is 67.4 cm³/mol. The number of aliphatic hydroxyl groups is 1. The Bertz CT molecular complexity index is 315. The highest BCUT2D eigenvalue weighted by atomic mass is 16.3. The average molecular weight is 222 g/mol. The van der Waals surface area contributed by atoms with Gasteiger partial charge in [0, 0.05) is 19.1 Å². The molecular weight excluding hydrogens is 200 g/mol. The predicted octanol–water partition coefficient (Wildman–Crippen LogP) is 0.789. The minimum atomic E-state index is -0.137. The Balaban J connectivity index is 2.34. The zero-order chi connectivity index (χ0) is 12.0. The van der Waals surface area contributed by atoms with Crippen molar-refractivity contribution in [2.45, 2.75) is 19.4 Å². The van der Waals surface area contributed by atoms with E-state index in [1.54, 1.807) is 0 Å². The number of hydrogen-bond donors (Lipinski definition) is 2. The molecule has 1 aromatic rings. The molecule has 0 saturated heterocycles. The first-order valence-electron chi connectivity index (χ1n) is 5.72. The van der Waals surface area contributed by atoms with E-state index in [1.165, 1.54) is 11.1 Å². The maximum Gasteiger partial charge on any atom is 0.0595 e. The molecule has 0 aromatic heterocycles. The summed E-state index contributed by atoms with van der Waals surface area (Å²) in [6.07, 6.45) is 1.02. The summed E-state index contributed by atoms with van der Waals surface area (Å²) in [7, 11) is 2.03. The molecule has 1 atom stereocenters. The first-order chi connectivity index (χ1) is 7.61. The molecule has 1 unspecified atom stereocenters. The van der Waals surface area contributed by atoms with E-state index in [4.69, 9.17) is 10.8 Å². The Morgan fingerprint density at radius 3 is 2.81 bits per heavy atom. The SMILES string of the molecule is Cc1cccc(CCN(C)CC(N)CO)c1. The molecule has 0 spiro atoms. The molecule has 3 nitrogen and oxygen atoms in total. The molecule has 0 heterocycles. The lowest BCUT2D eigenvalue weighted by Crippen LogP contribution is -2.38. The second-order valence-corrected chi connectivity index (χ2v) is 4.44. The summed E-state index contributed by atoms with van der Waals surface area (Å²) in [5.41, 5.74) is 8.32. The highest BCUT2D eigenvalue weighted by Gasteiger charge is 2.05. The second kappa shape index (κ2) is 6.63. The van der Waals surface area contributed by atoms with Gasteiger partial charge in [-0.1, -0.05) is 29.8 Å². The third kappa shape index (κ3) is 4.75. The molecule has 90 valence electrons. The van der Waals surface area contributed by atoms with Crippen LogP contribution in [0.25, 0.3) is 0 Å². The van der Waals surface area contributed by atoms with Crippen molar-refractivity contribution in [3.05, 3.63) is 35.4 Å². The van der Waals surface area contributed by atoms with E-state index in [0.717, 1.165) is 19.5 Å². The molecule has 3 N–H and O–H groups in total. The molecule has 0 amide bonds. The molecule has 0 aliphatic heterocycles. The fraction of sp³-hybridized carbons (Fsp3) is 0.538. The van der Waals surface area contributed by atoms with Crippen LogP contribution in [0.2, 0.25) is 0 Å². The Morgan fingerprint density at radius 1 is 1.44 bits per heavy atom. The van der Waals surface area contributed by atoms with Crippen LogP contribution < -0.4 is 5.73 Å². The summed E-state index contributed by atoms with van der Waals surface area (Å²) in [5, 5.41) is 8.85. The number of aliphatic hydroxyl groups excluding tert-OH is 1. The fourth-order valence-electron chi connectivity index (χ4n) is 1.74. The maximum atomic E-state index is 8.85. The summed E-state index contributed by atoms with van der Waals surface area (Å²) >= 11 is 0. The van der Waals surface area contributed by atoms with Crippen molar-refractivity contribution in [1.29, 1.82) is 0 Å². The monoisotopic (exact) mass is 222 g/mol. The van der Waals surface area contributed by atoms with Crippen molar-refractivity contribution in [3.63, 3.8) is 0 Å². The molecule has 0 saturated carbocycles. The van der Waals surface area contributed by atoms with Gasteiger partial charge in [-0.15, -0.1) is 0 Å². The van der Waals surface area contributed by atoms with Gasteiger partial charge in [-0.3, -0.25) is 0 Å². The first kappa shape index (κ1) is 13.2. The van der Waals surface area contributed by atoms with Crippen molar-refractivity contribution in [2.24, 2.45) is 5.73 Å². The van der Waals surface area contributed by atoms with Gasteiger partial charge in [-0.25, -0.2) is 0 Å². The Hall–Kier alpha value is -0.900. The third-order valence-corrected chi connectivity index (χ3v) is 2.65. The maximum absolute atomic E-state index is 8.85. The van der Waals surface area contributed by atoms with Gasteiger partial charge in [-0.05, 0) is 26.0 Å². The summed E-state index contributed by atoms with van der Waals surface area (Å²) in [6, 6.07) is 8.41. The molecule has 0 radical (unpaired) electrons. The van der Waals surface area contributed by atoms with Crippen LogP contribution in [-0.4, -0.2) is 42.8 Å². The largest absolute Gasteiger partial charge is 0.395 e. The van der Waals surface area contributed by atoms with Gasteiger partial charge in [-0.2, -0.15) is 0 Å². The number of aryl methyl sites for hydroxylation is 1. The molecule has 0 fully saturated rings. The van der Waals surface area contributed by atoms with Crippen LogP contribution in [0.3, 0.4) is 0 Å². The van der Waals surface area contributed by atoms with Gasteiger partial charge in [0.2, 0.25) is 0 Å². The molecular formula is C13H22N2O. The van der Waals surface area contributed by atoms with Crippen LogP contribution in [0, 0.1) is 6.92 Å². The molecule has 16 heavy (non-hydrogen) atoms. The second-order valence-electron chi connectivity index (χ2n) is 4.44. The highest BCUT2D eigenvalue weighted by Crippen LogP contribution is 2.05. The van der Waals surface area contributed by atoms with Crippen LogP contribution in [0.4, 0.5) is 0 Å². The van der Waals surface area contributed by atoms with Crippen LogP contribution in [0.5, 0.6) is 0 Å². The van der Waals surface area contributed by atoms with Gasteiger partial charge < -0.3 is 15.7 Å². The van der Waals surface area contributed by atoms with Crippen molar-refractivity contribution >= 4 is 0 Å². The smallest absolute Gasteiger partial charge is 0.0595 e. The number of rotatable bonds is 6. The summed E-state index contributed by atoms with van der Waals surface area (Å²) in [6.45, 7) is 3.86. The Labute approximate surface area is 97.9 Å². The number of hydrogen-bond acceptors (Lipinski definition) is 3. The van der Waals surface area contributed by atoms with E-state index in [9.17, 15) is 0 Å². The summed E-state index contributed by atoms with van der Waals surface area (Å²) < 4.78 is 0. The van der Waals surface area contributed by atoms with Gasteiger partial charge in [0.1, 0.15) is 0 Å². The standard InChI is InChI=1S/C13H22N2O/c1-11-4-3-5-12(8-11)6-7-15(2)9-13(14)10-16/h3-5,8,13,16H,6-7,9-10,14H2,1-2H3. The number of benzene rings is 1. The van der Waals surface area contributed by atoms with Gasteiger partial charge in [0.25, 0.3) is 0 Å². The molecule has 0 aliphatic carbocycles. The van der Waals surface area contributed by atoms with Gasteiger partial charge in [0.15, 0.2) is 0 Å². The van der Waals surface area contributed by atoms with Crippen LogP contribution in [0.1, 0.15) is 11.1 Å².